The highest BCUT2D eigenvalue weighted by atomic mass is 35.5. The lowest BCUT2D eigenvalue weighted by molar-refractivity contribution is 0.296. The zero-order valence-electron chi connectivity index (χ0n) is 15.8. The fourth-order valence-electron chi connectivity index (χ4n) is 2.36. The van der Waals surface area contributed by atoms with Gasteiger partial charge < -0.3 is 14.2 Å². The number of hydrogen-bond acceptors (Lipinski definition) is 6. The zero-order chi connectivity index (χ0) is 19.8. The molecule has 0 aliphatic heterocycles. The first-order valence-corrected chi connectivity index (χ1v) is 10.3. The van der Waals surface area contributed by atoms with Crippen molar-refractivity contribution in [2.45, 2.75) is 25.6 Å². The van der Waals surface area contributed by atoms with Gasteiger partial charge >= 0.3 is 0 Å². The number of thioether (sulfide) groups is 1. The van der Waals surface area contributed by atoms with Crippen LogP contribution < -0.4 is 14.2 Å². The molecule has 1 heterocycles. The molecule has 0 spiro atoms. The summed E-state index contributed by atoms with van der Waals surface area (Å²) < 4.78 is 16.8. The van der Waals surface area contributed by atoms with E-state index in [1.165, 1.54) is 11.8 Å². The number of H-pyrrole nitrogens is 1. The second-order valence-electron chi connectivity index (χ2n) is 5.87. The van der Waals surface area contributed by atoms with E-state index >= 15 is 0 Å². The van der Waals surface area contributed by atoms with E-state index < -0.39 is 0 Å². The third-order valence-electron chi connectivity index (χ3n) is 3.73. The van der Waals surface area contributed by atoms with Crippen molar-refractivity contribution in [1.29, 1.82) is 0 Å². The van der Waals surface area contributed by atoms with E-state index in [9.17, 15) is 0 Å². The lowest BCUT2D eigenvalue weighted by Crippen LogP contribution is -2.00. The number of nitrogens with one attached hydrogen (secondary N) is 1. The summed E-state index contributed by atoms with van der Waals surface area (Å²) in [7, 11) is 0. The summed E-state index contributed by atoms with van der Waals surface area (Å²) in [5.41, 5.74) is 0.973. The standard InChI is InChI=1S/C20H22ClN3O3S/c1-3-25-15-4-6-16(7-5-15)26-10-11-28-20-22-19(23-24-20)13-27-17-8-9-18(21)14(2)12-17/h4-9,12H,3,10-11,13H2,1-2H3,(H,22,23,24). The van der Waals surface area contributed by atoms with Gasteiger partial charge in [-0.1, -0.05) is 23.4 Å². The van der Waals surface area contributed by atoms with E-state index in [0.717, 1.165) is 33.6 Å². The van der Waals surface area contributed by atoms with E-state index in [1.807, 2.05) is 56.3 Å². The number of aryl methyl sites for hydroxylation is 1. The lowest BCUT2D eigenvalue weighted by atomic mass is 10.2. The molecule has 0 saturated carbocycles. The van der Waals surface area contributed by atoms with Gasteiger partial charge in [0, 0.05) is 10.8 Å². The predicted octanol–water partition coefficient (Wildman–Crippen LogP) is 4.92. The Bertz CT molecular complexity index is 887. The van der Waals surface area contributed by atoms with Gasteiger partial charge in [-0.2, -0.15) is 0 Å². The summed E-state index contributed by atoms with van der Waals surface area (Å²) in [4.78, 5) is 4.42. The van der Waals surface area contributed by atoms with Gasteiger partial charge in [0.1, 0.15) is 23.9 Å². The van der Waals surface area contributed by atoms with Crippen molar-refractivity contribution in [2.75, 3.05) is 19.0 Å². The van der Waals surface area contributed by atoms with Crippen LogP contribution in [0, 0.1) is 6.92 Å². The number of rotatable bonds is 10. The van der Waals surface area contributed by atoms with E-state index in [4.69, 9.17) is 25.8 Å². The van der Waals surface area contributed by atoms with Crippen LogP contribution in [0.1, 0.15) is 18.3 Å². The summed E-state index contributed by atoms with van der Waals surface area (Å²) in [5, 5.41) is 8.47. The van der Waals surface area contributed by atoms with Crippen LogP contribution in [0.15, 0.2) is 47.6 Å². The molecule has 148 valence electrons. The van der Waals surface area contributed by atoms with Gasteiger partial charge in [0.25, 0.3) is 0 Å². The monoisotopic (exact) mass is 419 g/mol. The molecule has 0 aliphatic carbocycles. The molecule has 0 aliphatic rings. The van der Waals surface area contributed by atoms with Gasteiger partial charge in [-0.3, -0.25) is 5.10 Å². The minimum absolute atomic E-state index is 0.317. The number of aromatic nitrogens is 3. The summed E-state index contributed by atoms with van der Waals surface area (Å²) in [6.07, 6.45) is 0. The average Bonchev–Trinajstić information content (AvgIpc) is 3.15. The number of ether oxygens (including phenoxy) is 3. The second-order valence-corrected chi connectivity index (χ2v) is 7.33. The first-order valence-electron chi connectivity index (χ1n) is 8.92. The summed E-state index contributed by atoms with van der Waals surface area (Å²) >= 11 is 7.54. The minimum atomic E-state index is 0.317. The van der Waals surface area contributed by atoms with E-state index in [-0.39, 0.29) is 0 Å². The number of hydrogen-bond donors (Lipinski definition) is 1. The van der Waals surface area contributed by atoms with Crippen LogP contribution in [0.5, 0.6) is 17.2 Å². The number of aromatic amines is 1. The van der Waals surface area contributed by atoms with Gasteiger partial charge in [-0.05, 0) is 61.9 Å². The molecule has 3 rings (SSSR count). The smallest absolute Gasteiger partial charge is 0.208 e. The molecule has 6 nitrogen and oxygen atoms in total. The third kappa shape index (κ3) is 6.07. The Morgan fingerprint density at radius 1 is 1.00 bits per heavy atom. The van der Waals surface area contributed by atoms with E-state index in [2.05, 4.69) is 15.2 Å². The Morgan fingerprint density at radius 3 is 2.43 bits per heavy atom. The lowest BCUT2D eigenvalue weighted by Gasteiger charge is -2.07. The molecule has 2 aromatic carbocycles. The van der Waals surface area contributed by atoms with Crippen molar-refractivity contribution in [2.24, 2.45) is 0 Å². The quantitative estimate of drug-likeness (QED) is 0.371. The second kappa shape index (κ2) is 10.2. The maximum atomic E-state index is 6.02. The zero-order valence-corrected chi connectivity index (χ0v) is 17.3. The predicted molar refractivity (Wildman–Crippen MR) is 111 cm³/mol. The molecule has 1 aromatic heterocycles. The van der Waals surface area contributed by atoms with Crippen molar-refractivity contribution in [3.05, 3.63) is 58.9 Å². The fourth-order valence-corrected chi connectivity index (χ4v) is 3.11. The Kier molecular flexibility index (Phi) is 7.45. The number of nitrogens with zero attached hydrogens (tertiary/aromatic N) is 2. The maximum Gasteiger partial charge on any atom is 0.208 e. The van der Waals surface area contributed by atoms with Gasteiger partial charge in [0.05, 0.1) is 13.2 Å². The van der Waals surface area contributed by atoms with E-state index in [0.29, 0.717) is 30.8 Å². The van der Waals surface area contributed by atoms with Crippen LogP contribution in [0.2, 0.25) is 5.02 Å². The summed E-state index contributed by atoms with van der Waals surface area (Å²) in [6, 6.07) is 13.1. The van der Waals surface area contributed by atoms with Crippen molar-refractivity contribution in [3.8, 4) is 17.2 Å². The molecule has 0 amide bonds. The van der Waals surface area contributed by atoms with Crippen LogP contribution in [0.4, 0.5) is 0 Å². The van der Waals surface area contributed by atoms with Crippen LogP contribution >= 0.6 is 23.4 Å². The van der Waals surface area contributed by atoms with Gasteiger partial charge in [-0.15, -0.1) is 5.10 Å². The maximum absolute atomic E-state index is 6.02. The summed E-state index contributed by atoms with van der Waals surface area (Å²) in [5.74, 6) is 3.81. The molecule has 8 heteroatoms. The molecule has 0 fully saturated rings. The third-order valence-corrected chi connectivity index (χ3v) is 4.97. The Morgan fingerprint density at radius 2 is 1.71 bits per heavy atom. The van der Waals surface area contributed by atoms with Crippen LogP contribution in [0.25, 0.3) is 0 Å². The Balaban J connectivity index is 1.39. The van der Waals surface area contributed by atoms with Gasteiger partial charge in [0.15, 0.2) is 5.82 Å². The topological polar surface area (TPSA) is 69.3 Å². The fraction of sp³-hybridized carbons (Fsp3) is 0.300. The molecular weight excluding hydrogens is 398 g/mol. The summed E-state index contributed by atoms with van der Waals surface area (Å²) in [6.45, 7) is 5.43. The molecule has 0 bridgehead atoms. The highest BCUT2D eigenvalue weighted by Gasteiger charge is 2.06. The van der Waals surface area contributed by atoms with Crippen LogP contribution in [-0.4, -0.2) is 34.1 Å². The van der Waals surface area contributed by atoms with Gasteiger partial charge in [0.2, 0.25) is 5.16 Å². The number of benzene rings is 2. The largest absolute Gasteiger partial charge is 0.494 e. The molecule has 1 N–H and O–H groups in total. The number of halogens is 1. The highest BCUT2D eigenvalue weighted by Crippen LogP contribution is 2.22. The first-order chi connectivity index (χ1) is 13.6. The van der Waals surface area contributed by atoms with Crippen molar-refractivity contribution in [3.63, 3.8) is 0 Å². The molecule has 3 aromatic rings. The average molecular weight is 420 g/mol. The minimum Gasteiger partial charge on any atom is -0.494 e. The molecule has 0 unspecified atom stereocenters. The normalized spacial score (nSPS) is 10.7. The van der Waals surface area contributed by atoms with E-state index in [1.54, 1.807) is 0 Å². The van der Waals surface area contributed by atoms with Crippen molar-refractivity contribution < 1.29 is 14.2 Å². The van der Waals surface area contributed by atoms with Gasteiger partial charge in [-0.25, -0.2) is 4.98 Å². The molecule has 28 heavy (non-hydrogen) atoms. The molecular formula is C20H22ClN3O3S. The Hall–Kier alpha value is -2.38. The first kappa shape index (κ1) is 20.4. The highest BCUT2D eigenvalue weighted by molar-refractivity contribution is 7.99. The van der Waals surface area contributed by atoms with Crippen LogP contribution in [-0.2, 0) is 6.61 Å². The van der Waals surface area contributed by atoms with Crippen molar-refractivity contribution >= 4 is 23.4 Å². The Labute approximate surface area is 173 Å². The van der Waals surface area contributed by atoms with Crippen LogP contribution in [0.3, 0.4) is 0 Å². The molecule has 0 atom stereocenters. The molecule has 0 radical (unpaired) electrons. The van der Waals surface area contributed by atoms with Crippen molar-refractivity contribution in [1.82, 2.24) is 15.2 Å². The molecule has 0 saturated heterocycles. The SMILES string of the molecule is CCOc1ccc(OCCSc2n[nH]c(COc3ccc(Cl)c(C)c3)n2)cc1.